The summed E-state index contributed by atoms with van der Waals surface area (Å²) >= 11 is 1.93. The third kappa shape index (κ3) is 3.33. The summed E-state index contributed by atoms with van der Waals surface area (Å²) in [6.07, 6.45) is 0.491. The average molecular weight is 201 g/mol. The molecule has 0 aromatic heterocycles. The van der Waals surface area contributed by atoms with Crippen LogP contribution in [0.25, 0.3) is 0 Å². The monoisotopic (exact) mass is 201 g/mol. The molecule has 1 heterocycles. The maximum atomic E-state index is 9.90. The molecule has 0 spiro atoms. The number of nitrogens with zero attached hydrogens (tertiary/aromatic N) is 1. The van der Waals surface area contributed by atoms with Crippen molar-refractivity contribution in [3.63, 3.8) is 0 Å². The van der Waals surface area contributed by atoms with Gasteiger partial charge in [-0.25, -0.2) is 0 Å². The Hall–Kier alpha value is 0.01000. The van der Waals surface area contributed by atoms with E-state index in [9.17, 15) is 5.11 Å². The summed E-state index contributed by atoms with van der Waals surface area (Å²) in [5.41, 5.74) is 1.07. The molecule has 0 bridgehead atoms. The largest absolute Gasteiger partial charge is 0.391 e. The summed E-state index contributed by atoms with van der Waals surface area (Å²) in [5.74, 6) is 2.23. The van der Waals surface area contributed by atoms with Crippen molar-refractivity contribution in [2.24, 2.45) is 0 Å². The highest BCUT2D eigenvalue weighted by atomic mass is 32.2. The van der Waals surface area contributed by atoms with Gasteiger partial charge >= 0.3 is 0 Å². The molecule has 0 aromatic rings. The van der Waals surface area contributed by atoms with Crippen molar-refractivity contribution < 1.29 is 5.11 Å². The van der Waals surface area contributed by atoms with Gasteiger partial charge in [0.05, 0.1) is 6.10 Å². The number of hydrogen-bond acceptors (Lipinski definition) is 3. The van der Waals surface area contributed by atoms with E-state index in [1.54, 1.807) is 0 Å². The minimum absolute atomic E-state index is 0.240. The van der Waals surface area contributed by atoms with E-state index in [0.717, 1.165) is 24.3 Å². The molecule has 2 nitrogen and oxygen atoms in total. The number of aliphatic hydroxyl groups is 1. The topological polar surface area (TPSA) is 23.5 Å². The molecule has 13 heavy (non-hydrogen) atoms. The molecule has 0 aromatic carbocycles. The second-order valence-electron chi connectivity index (χ2n) is 3.85. The molecule has 0 saturated carbocycles. The van der Waals surface area contributed by atoms with Crippen LogP contribution in [-0.4, -0.2) is 47.3 Å². The lowest BCUT2D eigenvalue weighted by molar-refractivity contribution is 0.0764. The van der Waals surface area contributed by atoms with Crippen molar-refractivity contribution in [2.75, 3.05) is 25.1 Å². The van der Waals surface area contributed by atoms with Gasteiger partial charge in [0, 0.05) is 24.1 Å². The summed E-state index contributed by atoms with van der Waals surface area (Å²) in [4.78, 5) is 2.25. The first-order valence-electron chi connectivity index (χ1n) is 4.71. The van der Waals surface area contributed by atoms with Crippen LogP contribution in [0.4, 0.5) is 0 Å². The van der Waals surface area contributed by atoms with E-state index in [0.29, 0.717) is 6.04 Å². The SMILES string of the molecule is C=C(C)CC(O)C1CSCCN1C. The summed E-state index contributed by atoms with van der Waals surface area (Å²) < 4.78 is 0. The number of thioether (sulfide) groups is 1. The molecule has 1 aliphatic heterocycles. The van der Waals surface area contributed by atoms with E-state index in [2.05, 4.69) is 18.5 Å². The third-order valence-corrected chi connectivity index (χ3v) is 3.49. The van der Waals surface area contributed by atoms with Gasteiger partial charge in [0.25, 0.3) is 0 Å². The van der Waals surface area contributed by atoms with Gasteiger partial charge in [0.1, 0.15) is 0 Å². The highest BCUT2D eigenvalue weighted by molar-refractivity contribution is 7.99. The predicted octanol–water partition coefficient (Wildman–Crippen LogP) is 1.36. The normalized spacial score (nSPS) is 27.2. The zero-order valence-electron chi connectivity index (χ0n) is 8.49. The predicted molar refractivity (Wildman–Crippen MR) is 59.2 cm³/mol. The Morgan fingerprint density at radius 3 is 3.00 bits per heavy atom. The summed E-state index contributed by atoms with van der Waals surface area (Å²) in [7, 11) is 2.09. The van der Waals surface area contributed by atoms with Gasteiger partial charge in [-0.05, 0) is 20.4 Å². The molecule has 2 atom stereocenters. The standard InChI is InChI=1S/C10H19NOS/c1-8(2)6-10(12)9-7-13-5-4-11(9)3/h9-10,12H,1,4-7H2,2-3H3. The first-order chi connectivity index (χ1) is 6.11. The number of likely N-dealkylation sites (N-methyl/N-ethyl adjacent to an activating group) is 1. The van der Waals surface area contributed by atoms with Crippen molar-refractivity contribution in [2.45, 2.75) is 25.5 Å². The van der Waals surface area contributed by atoms with Crippen LogP contribution < -0.4 is 0 Å². The third-order valence-electron chi connectivity index (χ3n) is 2.44. The number of rotatable bonds is 3. The Morgan fingerprint density at radius 2 is 2.46 bits per heavy atom. The molecule has 1 N–H and O–H groups in total. The Balaban J connectivity index is 2.43. The minimum Gasteiger partial charge on any atom is -0.391 e. The van der Waals surface area contributed by atoms with E-state index >= 15 is 0 Å². The highest BCUT2D eigenvalue weighted by Gasteiger charge is 2.25. The van der Waals surface area contributed by atoms with Crippen LogP contribution in [0.5, 0.6) is 0 Å². The van der Waals surface area contributed by atoms with Gasteiger partial charge in [0.2, 0.25) is 0 Å². The Bertz CT molecular complexity index is 184. The van der Waals surface area contributed by atoms with Crippen LogP contribution >= 0.6 is 11.8 Å². The van der Waals surface area contributed by atoms with E-state index < -0.39 is 0 Å². The smallest absolute Gasteiger partial charge is 0.0740 e. The molecule has 3 heteroatoms. The zero-order valence-corrected chi connectivity index (χ0v) is 9.31. The van der Waals surface area contributed by atoms with Crippen molar-refractivity contribution in [1.29, 1.82) is 0 Å². The lowest BCUT2D eigenvalue weighted by atomic mass is 10.0. The molecular formula is C10H19NOS. The lowest BCUT2D eigenvalue weighted by Crippen LogP contribution is -2.47. The van der Waals surface area contributed by atoms with E-state index in [1.165, 1.54) is 5.75 Å². The summed E-state index contributed by atoms with van der Waals surface area (Å²) in [6, 6.07) is 0.315. The zero-order chi connectivity index (χ0) is 9.84. The quantitative estimate of drug-likeness (QED) is 0.698. The minimum atomic E-state index is -0.240. The maximum Gasteiger partial charge on any atom is 0.0740 e. The maximum absolute atomic E-state index is 9.90. The number of aliphatic hydroxyl groups excluding tert-OH is 1. The van der Waals surface area contributed by atoms with Crippen LogP contribution in [-0.2, 0) is 0 Å². The second kappa shape index (κ2) is 5.03. The first kappa shape index (κ1) is 11.1. The molecule has 1 rings (SSSR count). The second-order valence-corrected chi connectivity index (χ2v) is 5.00. The van der Waals surface area contributed by atoms with Gasteiger partial charge < -0.3 is 5.11 Å². The van der Waals surface area contributed by atoms with Crippen LogP contribution in [0.2, 0.25) is 0 Å². The van der Waals surface area contributed by atoms with E-state index in [-0.39, 0.29) is 6.10 Å². The molecule has 1 aliphatic rings. The first-order valence-corrected chi connectivity index (χ1v) is 5.87. The van der Waals surface area contributed by atoms with Crippen molar-refractivity contribution >= 4 is 11.8 Å². The van der Waals surface area contributed by atoms with Crippen molar-refractivity contribution in [3.05, 3.63) is 12.2 Å². The van der Waals surface area contributed by atoms with Gasteiger partial charge in [-0.15, -0.1) is 6.58 Å². The Kier molecular flexibility index (Phi) is 4.29. The molecule has 0 aliphatic carbocycles. The highest BCUT2D eigenvalue weighted by Crippen LogP contribution is 2.20. The molecule has 1 saturated heterocycles. The van der Waals surface area contributed by atoms with Crippen molar-refractivity contribution in [1.82, 2.24) is 4.90 Å². The fraction of sp³-hybridized carbons (Fsp3) is 0.800. The van der Waals surface area contributed by atoms with Crippen LogP contribution in [0.3, 0.4) is 0 Å². The van der Waals surface area contributed by atoms with E-state index in [1.807, 2.05) is 18.7 Å². The number of hydrogen-bond donors (Lipinski definition) is 1. The Labute approximate surface area is 85.0 Å². The van der Waals surface area contributed by atoms with Crippen LogP contribution in [0, 0.1) is 0 Å². The van der Waals surface area contributed by atoms with Crippen LogP contribution in [0.1, 0.15) is 13.3 Å². The lowest BCUT2D eigenvalue weighted by Gasteiger charge is -2.35. The van der Waals surface area contributed by atoms with Gasteiger partial charge in [-0.2, -0.15) is 11.8 Å². The molecule has 0 radical (unpaired) electrons. The fourth-order valence-electron chi connectivity index (χ4n) is 1.60. The molecule has 0 amide bonds. The molecular weight excluding hydrogens is 182 g/mol. The van der Waals surface area contributed by atoms with Gasteiger partial charge in [-0.3, -0.25) is 4.90 Å². The van der Waals surface area contributed by atoms with Crippen molar-refractivity contribution in [3.8, 4) is 0 Å². The Morgan fingerprint density at radius 1 is 1.77 bits per heavy atom. The van der Waals surface area contributed by atoms with Gasteiger partial charge in [-0.1, -0.05) is 5.57 Å². The fourth-order valence-corrected chi connectivity index (χ4v) is 2.91. The van der Waals surface area contributed by atoms with E-state index in [4.69, 9.17) is 0 Å². The average Bonchev–Trinajstić information content (AvgIpc) is 2.03. The summed E-state index contributed by atoms with van der Waals surface area (Å²) in [5, 5.41) is 9.90. The van der Waals surface area contributed by atoms with Gasteiger partial charge in [0.15, 0.2) is 0 Å². The molecule has 76 valence electrons. The molecule has 2 unspecified atom stereocenters. The summed E-state index contributed by atoms with van der Waals surface area (Å²) in [6.45, 7) is 6.89. The molecule has 1 fully saturated rings. The van der Waals surface area contributed by atoms with Crippen LogP contribution in [0.15, 0.2) is 12.2 Å².